The van der Waals surface area contributed by atoms with Crippen molar-refractivity contribution >= 4 is 5.65 Å². The molecule has 1 aromatic carbocycles. The minimum absolute atomic E-state index is 0.135. The highest BCUT2D eigenvalue weighted by Gasteiger charge is 2.09. The maximum atomic E-state index is 12.1. The minimum atomic E-state index is -2.81. The van der Waals surface area contributed by atoms with E-state index in [1.807, 2.05) is 17.5 Å². The van der Waals surface area contributed by atoms with Gasteiger partial charge in [0.05, 0.1) is 17.6 Å². The number of halogens is 2. The molecule has 3 aromatic rings. The number of aryl methyl sites for hydroxylation is 1. The van der Waals surface area contributed by atoms with Crippen LogP contribution >= 0.6 is 0 Å². The van der Waals surface area contributed by atoms with E-state index < -0.39 is 6.61 Å². The highest BCUT2D eigenvalue weighted by atomic mass is 19.3. The molecule has 0 saturated heterocycles. The molecule has 2 aromatic heterocycles. The number of hydrogen-bond donors (Lipinski definition) is 0. The van der Waals surface area contributed by atoms with Crippen LogP contribution in [-0.4, -0.2) is 21.0 Å². The Bertz CT molecular complexity index is 738. The first kappa shape index (κ1) is 12.5. The molecule has 0 unspecified atom stereocenters. The molecule has 0 amide bonds. The highest BCUT2D eigenvalue weighted by Crippen LogP contribution is 2.24. The maximum absolute atomic E-state index is 12.1. The minimum Gasteiger partial charge on any atom is -0.435 e. The van der Waals surface area contributed by atoms with Gasteiger partial charge in [0.2, 0.25) is 0 Å². The second-order valence-electron chi connectivity index (χ2n) is 4.25. The van der Waals surface area contributed by atoms with Crippen LogP contribution in [0.25, 0.3) is 16.9 Å². The average Bonchev–Trinajstić information content (AvgIpc) is 2.84. The number of alkyl halides is 2. The van der Waals surface area contributed by atoms with Crippen LogP contribution < -0.4 is 4.74 Å². The first-order valence-corrected chi connectivity index (χ1v) is 5.99. The predicted octanol–water partition coefficient (Wildman–Crippen LogP) is 3.31. The Morgan fingerprint density at radius 3 is 2.60 bits per heavy atom. The van der Waals surface area contributed by atoms with Crippen LogP contribution in [-0.2, 0) is 0 Å². The summed E-state index contributed by atoms with van der Waals surface area (Å²) in [5, 5.41) is 0. The van der Waals surface area contributed by atoms with E-state index in [9.17, 15) is 8.78 Å². The molecule has 0 aliphatic heterocycles. The van der Waals surface area contributed by atoms with Crippen molar-refractivity contribution in [2.45, 2.75) is 13.5 Å². The van der Waals surface area contributed by atoms with Gasteiger partial charge in [0.25, 0.3) is 0 Å². The van der Waals surface area contributed by atoms with Crippen molar-refractivity contribution in [3.05, 3.63) is 48.5 Å². The molecule has 20 heavy (non-hydrogen) atoms. The molecular formula is C14H11F2N3O. The molecule has 3 rings (SSSR count). The predicted molar refractivity (Wildman–Crippen MR) is 69.8 cm³/mol. The lowest BCUT2D eigenvalue weighted by Gasteiger charge is -2.06. The molecule has 0 aliphatic carbocycles. The number of nitrogens with zero attached hydrogens (tertiary/aromatic N) is 3. The molecule has 0 atom stereocenters. The highest BCUT2D eigenvalue weighted by molar-refractivity contribution is 5.65. The Balaban J connectivity index is 2.01. The second-order valence-corrected chi connectivity index (χ2v) is 4.25. The lowest BCUT2D eigenvalue weighted by atomic mass is 10.1. The van der Waals surface area contributed by atoms with Crippen LogP contribution in [0.1, 0.15) is 5.69 Å². The van der Waals surface area contributed by atoms with Crippen molar-refractivity contribution in [3.8, 4) is 17.0 Å². The Hall–Kier alpha value is -2.50. The quantitative estimate of drug-likeness (QED) is 0.736. The number of imidazole rings is 1. The normalized spacial score (nSPS) is 11.2. The summed E-state index contributed by atoms with van der Waals surface area (Å²) in [5.41, 5.74) is 3.34. The van der Waals surface area contributed by atoms with Crippen LogP contribution in [0.15, 0.2) is 42.9 Å². The van der Waals surface area contributed by atoms with Crippen LogP contribution in [0.5, 0.6) is 5.75 Å². The van der Waals surface area contributed by atoms with Gasteiger partial charge in [0.1, 0.15) is 5.75 Å². The molecule has 4 nitrogen and oxygen atoms in total. The summed E-state index contributed by atoms with van der Waals surface area (Å²) in [5.74, 6) is 0.135. The molecule has 0 N–H and O–H groups in total. The summed E-state index contributed by atoms with van der Waals surface area (Å²) in [6.07, 6.45) is 5.24. The Morgan fingerprint density at radius 1 is 1.15 bits per heavy atom. The number of benzene rings is 1. The lowest BCUT2D eigenvalue weighted by molar-refractivity contribution is -0.0498. The molecule has 102 valence electrons. The van der Waals surface area contributed by atoms with Gasteiger partial charge in [-0.05, 0) is 31.2 Å². The third-order valence-corrected chi connectivity index (χ3v) is 2.98. The van der Waals surface area contributed by atoms with Gasteiger partial charge >= 0.3 is 6.61 Å². The van der Waals surface area contributed by atoms with Crippen LogP contribution in [0.4, 0.5) is 8.78 Å². The van der Waals surface area contributed by atoms with E-state index in [2.05, 4.69) is 14.7 Å². The molecule has 6 heteroatoms. The van der Waals surface area contributed by atoms with Gasteiger partial charge in [-0.2, -0.15) is 8.78 Å². The Morgan fingerprint density at radius 2 is 1.90 bits per heavy atom. The molecule has 2 heterocycles. The van der Waals surface area contributed by atoms with E-state index in [4.69, 9.17) is 0 Å². The van der Waals surface area contributed by atoms with Crippen molar-refractivity contribution in [1.29, 1.82) is 0 Å². The van der Waals surface area contributed by atoms with Crippen LogP contribution in [0.2, 0.25) is 0 Å². The van der Waals surface area contributed by atoms with Crippen molar-refractivity contribution in [2.24, 2.45) is 0 Å². The topological polar surface area (TPSA) is 39.4 Å². The van der Waals surface area contributed by atoms with Gasteiger partial charge in [-0.25, -0.2) is 4.98 Å². The lowest BCUT2D eigenvalue weighted by Crippen LogP contribution is -2.01. The molecule has 0 saturated carbocycles. The summed E-state index contributed by atoms with van der Waals surface area (Å²) in [4.78, 5) is 8.49. The van der Waals surface area contributed by atoms with E-state index in [0.29, 0.717) is 0 Å². The molecule has 0 radical (unpaired) electrons. The zero-order chi connectivity index (χ0) is 14.1. The Labute approximate surface area is 113 Å². The van der Waals surface area contributed by atoms with E-state index in [-0.39, 0.29) is 5.75 Å². The Kier molecular flexibility index (Phi) is 3.06. The van der Waals surface area contributed by atoms with E-state index in [0.717, 1.165) is 22.6 Å². The fourth-order valence-electron chi connectivity index (χ4n) is 2.07. The fraction of sp³-hybridized carbons (Fsp3) is 0.143. The first-order valence-electron chi connectivity index (χ1n) is 5.99. The van der Waals surface area contributed by atoms with Gasteiger partial charge < -0.3 is 4.74 Å². The van der Waals surface area contributed by atoms with Gasteiger partial charge in [-0.15, -0.1) is 0 Å². The third-order valence-electron chi connectivity index (χ3n) is 2.98. The average molecular weight is 275 g/mol. The fourth-order valence-corrected chi connectivity index (χ4v) is 2.07. The first-order chi connectivity index (χ1) is 9.65. The largest absolute Gasteiger partial charge is 0.435 e. The standard InChI is InChI=1S/C14H11F2N3O/c1-9-13-18-8-12(19(13)7-6-17-9)10-2-4-11(5-3-10)20-14(15)16/h2-8,14H,1H3. The summed E-state index contributed by atoms with van der Waals surface area (Å²) in [6, 6.07) is 6.46. The maximum Gasteiger partial charge on any atom is 0.387 e. The van der Waals surface area contributed by atoms with Gasteiger partial charge in [-0.3, -0.25) is 9.38 Å². The van der Waals surface area contributed by atoms with Gasteiger partial charge in [-0.1, -0.05) is 0 Å². The van der Waals surface area contributed by atoms with Crippen molar-refractivity contribution < 1.29 is 13.5 Å². The number of aromatic nitrogens is 3. The van der Waals surface area contributed by atoms with E-state index in [1.165, 1.54) is 12.1 Å². The van der Waals surface area contributed by atoms with Crippen LogP contribution in [0, 0.1) is 6.92 Å². The number of ether oxygens (including phenoxy) is 1. The number of fused-ring (bicyclic) bond motifs is 1. The summed E-state index contributed by atoms with van der Waals surface area (Å²) in [6.45, 7) is -0.934. The summed E-state index contributed by atoms with van der Waals surface area (Å²) < 4.78 is 30.4. The van der Waals surface area contributed by atoms with Crippen molar-refractivity contribution in [2.75, 3.05) is 0 Å². The summed E-state index contributed by atoms with van der Waals surface area (Å²) >= 11 is 0. The number of hydrogen-bond acceptors (Lipinski definition) is 3. The van der Waals surface area contributed by atoms with Gasteiger partial charge in [0, 0.05) is 18.0 Å². The smallest absolute Gasteiger partial charge is 0.387 e. The van der Waals surface area contributed by atoms with E-state index >= 15 is 0 Å². The van der Waals surface area contributed by atoms with Gasteiger partial charge in [0.15, 0.2) is 5.65 Å². The number of rotatable bonds is 3. The molecule has 0 fully saturated rings. The third kappa shape index (κ3) is 2.20. The second kappa shape index (κ2) is 4.88. The molecule has 0 bridgehead atoms. The monoisotopic (exact) mass is 275 g/mol. The van der Waals surface area contributed by atoms with Crippen molar-refractivity contribution in [3.63, 3.8) is 0 Å². The van der Waals surface area contributed by atoms with E-state index in [1.54, 1.807) is 24.5 Å². The zero-order valence-electron chi connectivity index (χ0n) is 10.6. The molecule has 0 spiro atoms. The summed E-state index contributed by atoms with van der Waals surface area (Å²) in [7, 11) is 0. The molecule has 0 aliphatic rings. The SMILES string of the molecule is Cc1nccn2c(-c3ccc(OC(F)F)cc3)cnc12. The van der Waals surface area contributed by atoms with Crippen molar-refractivity contribution in [1.82, 2.24) is 14.4 Å². The zero-order valence-corrected chi connectivity index (χ0v) is 10.6. The van der Waals surface area contributed by atoms with Crippen LogP contribution in [0.3, 0.4) is 0 Å². The molecular weight excluding hydrogens is 264 g/mol.